The first kappa shape index (κ1) is 17.0. The van der Waals surface area contributed by atoms with E-state index < -0.39 is 0 Å². The van der Waals surface area contributed by atoms with Crippen molar-refractivity contribution in [1.82, 2.24) is 5.32 Å². The van der Waals surface area contributed by atoms with Crippen LogP contribution in [-0.2, 0) is 16.0 Å². The second-order valence-electron chi connectivity index (χ2n) is 4.95. The van der Waals surface area contributed by atoms with Crippen LogP contribution in [0.15, 0.2) is 30.9 Å². The molecule has 1 aromatic rings. The number of anilines is 1. The third-order valence-electron chi connectivity index (χ3n) is 3.36. The van der Waals surface area contributed by atoms with E-state index in [0.717, 1.165) is 23.2 Å². The molecule has 0 atom stereocenters. The molecule has 1 rings (SSSR count). The minimum atomic E-state index is -0.0761. The molecule has 4 heteroatoms. The fraction of sp³-hybridized carbons (Fsp3) is 0.412. The van der Waals surface area contributed by atoms with E-state index in [0.29, 0.717) is 13.1 Å². The number of nitrogens with one attached hydrogen (secondary N) is 1. The molecule has 0 saturated carbocycles. The summed E-state index contributed by atoms with van der Waals surface area (Å²) in [7, 11) is 0. The number of nitrogens with zero attached hydrogens (tertiary/aromatic N) is 1. The van der Waals surface area contributed by atoms with E-state index in [1.165, 1.54) is 6.92 Å². The van der Waals surface area contributed by atoms with Crippen LogP contribution >= 0.6 is 0 Å². The SMILES string of the molecule is C=CCNC(=O)CCN(C(C)=O)c1c(C)cccc1CC. The molecule has 0 unspecified atom stereocenters. The standard InChI is InChI=1S/C17H24N2O2/c1-5-11-18-16(21)10-12-19(14(4)20)17-13(3)8-7-9-15(17)6-2/h5,7-9H,1,6,10-12H2,2-4H3,(H,18,21). The highest BCUT2D eigenvalue weighted by Gasteiger charge is 2.17. The van der Waals surface area contributed by atoms with Crippen LogP contribution in [0.25, 0.3) is 0 Å². The van der Waals surface area contributed by atoms with Gasteiger partial charge >= 0.3 is 0 Å². The highest BCUT2D eigenvalue weighted by molar-refractivity contribution is 5.94. The Bertz CT molecular complexity index is 524. The molecule has 4 nitrogen and oxygen atoms in total. The van der Waals surface area contributed by atoms with Crippen molar-refractivity contribution in [2.75, 3.05) is 18.0 Å². The van der Waals surface area contributed by atoms with Crippen LogP contribution in [0, 0.1) is 6.92 Å². The van der Waals surface area contributed by atoms with Crippen LogP contribution in [0.3, 0.4) is 0 Å². The second kappa shape index (κ2) is 8.25. The molecule has 0 bridgehead atoms. The lowest BCUT2D eigenvalue weighted by atomic mass is 10.0. The van der Waals surface area contributed by atoms with Gasteiger partial charge < -0.3 is 10.2 Å². The Labute approximate surface area is 126 Å². The zero-order chi connectivity index (χ0) is 15.8. The van der Waals surface area contributed by atoms with Crippen molar-refractivity contribution in [3.05, 3.63) is 42.0 Å². The number of aryl methyl sites for hydroxylation is 2. The van der Waals surface area contributed by atoms with E-state index in [2.05, 4.69) is 18.8 Å². The molecule has 2 amide bonds. The Morgan fingerprint density at radius 3 is 2.67 bits per heavy atom. The first-order chi connectivity index (χ1) is 10.0. The third kappa shape index (κ3) is 4.74. The Morgan fingerprint density at radius 2 is 2.10 bits per heavy atom. The maximum absolute atomic E-state index is 12.0. The normalized spacial score (nSPS) is 10.0. The Morgan fingerprint density at radius 1 is 1.38 bits per heavy atom. The summed E-state index contributed by atoms with van der Waals surface area (Å²) in [4.78, 5) is 25.4. The molecule has 0 aliphatic heterocycles. The lowest BCUT2D eigenvalue weighted by molar-refractivity contribution is -0.120. The van der Waals surface area contributed by atoms with Crippen molar-refractivity contribution < 1.29 is 9.59 Å². The summed E-state index contributed by atoms with van der Waals surface area (Å²) in [5.74, 6) is -0.122. The lowest BCUT2D eigenvalue weighted by Crippen LogP contribution is -2.35. The van der Waals surface area contributed by atoms with Crippen LogP contribution in [0.4, 0.5) is 5.69 Å². The van der Waals surface area contributed by atoms with E-state index in [9.17, 15) is 9.59 Å². The van der Waals surface area contributed by atoms with Crippen LogP contribution < -0.4 is 10.2 Å². The zero-order valence-corrected chi connectivity index (χ0v) is 13.1. The number of amides is 2. The van der Waals surface area contributed by atoms with Crippen molar-refractivity contribution in [2.45, 2.75) is 33.6 Å². The van der Waals surface area contributed by atoms with E-state index in [-0.39, 0.29) is 18.2 Å². The smallest absolute Gasteiger partial charge is 0.223 e. The topological polar surface area (TPSA) is 49.4 Å². The molecule has 0 fully saturated rings. The quantitative estimate of drug-likeness (QED) is 0.784. The molecule has 21 heavy (non-hydrogen) atoms. The molecule has 0 aliphatic rings. The van der Waals surface area contributed by atoms with Crippen LogP contribution in [-0.4, -0.2) is 24.9 Å². The van der Waals surface area contributed by atoms with E-state index in [1.807, 2.05) is 25.1 Å². The number of para-hydroxylation sites is 1. The monoisotopic (exact) mass is 288 g/mol. The van der Waals surface area contributed by atoms with Gasteiger partial charge in [0, 0.05) is 32.1 Å². The molecule has 0 spiro atoms. The molecule has 0 heterocycles. The summed E-state index contributed by atoms with van der Waals surface area (Å²) in [6.45, 7) is 9.98. The van der Waals surface area contributed by atoms with Gasteiger partial charge in [-0.25, -0.2) is 0 Å². The number of rotatable bonds is 7. The lowest BCUT2D eigenvalue weighted by Gasteiger charge is -2.25. The molecule has 0 aromatic heterocycles. The van der Waals surface area contributed by atoms with Gasteiger partial charge in [0.1, 0.15) is 0 Å². The summed E-state index contributed by atoms with van der Waals surface area (Å²) in [5, 5.41) is 2.73. The average molecular weight is 288 g/mol. The maximum atomic E-state index is 12.0. The van der Waals surface area contributed by atoms with E-state index >= 15 is 0 Å². The van der Waals surface area contributed by atoms with Gasteiger partial charge in [0.25, 0.3) is 0 Å². The fourth-order valence-corrected chi connectivity index (χ4v) is 2.31. The minimum absolute atomic E-state index is 0.0458. The molecule has 0 saturated heterocycles. The largest absolute Gasteiger partial charge is 0.353 e. The van der Waals surface area contributed by atoms with Gasteiger partial charge in [-0.15, -0.1) is 6.58 Å². The Kier molecular flexibility index (Phi) is 6.66. The number of hydrogen-bond donors (Lipinski definition) is 1. The van der Waals surface area contributed by atoms with Gasteiger partial charge in [-0.3, -0.25) is 9.59 Å². The Balaban J connectivity index is 2.90. The zero-order valence-electron chi connectivity index (χ0n) is 13.1. The summed E-state index contributed by atoms with van der Waals surface area (Å²) in [5.41, 5.74) is 3.11. The fourth-order valence-electron chi connectivity index (χ4n) is 2.31. The molecule has 0 radical (unpaired) electrons. The number of carbonyl (C=O) groups is 2. The summed E-state index contributed by atoms with van der Waals surface area (Å²) < 4.78 is 0. The van der Waals surface area contributed by atoms with E-state index in [1.54, 1.807) is 11.0 Å². The van der Waals surface area contributed by atoms with Crippen LogP contribution in [0.5, 0.6) is 0 Å². The van der Waals surface area contributed by atoms with Crippen molar-refractivity contribution >= 4 is 17.5 Å². The molecular formula is C17H24N2O2. The van der Waals surface area contributed by atoms with Gasteiger partial charge in [0.05, 0.1) is 0 Å². The highest BCUT2D eigenvalue weighted by atomic mass is 16.2. The molecular weight excluding hydrogens is 264 g/mol. The van der Waals surface area contributed by atoms with Crippen molar-refractivity contribution in [3.63, 3.8) is 0 Å². The molecule has 1 aromatic carbocycles. The first-order valence-corrected chi connectivity index (χ1v) is 7.25. The van der Waals surface area contributed by atoms with Gasteiger partial charge in [0.15, 0.2) is 0 Å². The van der Waals surface area contributed by atoms with Crippen molar-refractivity contribution in [3.8, 4) is 0 Å². The summed E-state index contributed by atoms with van der Waals surface area (Å²) in [6, 6.07) is 6.01. The van der Waals surface area contributed by atoms with Crippen LogP contribution in [0.1, 0.15) is 31.4 Å². The first-order valence-electron chi connectivity index (χ1n) is 7.25. The summed E-state index contributed by atoms with van der Waals surface area (Å²) in [6.07, 6.45) is 2.77. The minimum Gasteiger partial charge on any atom is -0.353 e. The molecule has 0 aliphatic carbocycles. The van der Waals surface area contributed by atoms with Gasteiger partial charge in [-0.1, -0.05) is 31.2 Å². The average Bonchev–Trinajstić information content (AvgIpc) is 2.46. The van der Waals surface area contributed by atoms with Crippen LogP contribution in [0.2, 0.25) is 0 Å². The predicted molar refractivity (Wildman–Crippen MR) is 86.4 cm³/mol. The van der Waals surface area contributed by atoms with Gasteiger partial charge in [0.2, 0.25) is 11.8 Å². The van der Waals surface area contributed by atoms with Crippen molar-refractivity contribution in [2.24, 2.45) is 0 Å². The Hall–Kier alpha value is -2.10. The maximum Gasteiger partial charge on any atom is 0.223 e. The van der Waals surface area contributed by atoms with Gasteiger partial charge in [-0.05, 0) is 24.5 Å². The second-order valence-corrected chi connectivity index (χ2v) is 4.95. The highest BCUT2D eigenvalue weighted by Crippen LogP contribution is 2.26. The number of carbonyl (C=O) groups excluding carboxylic acids is 2. The molecule has 114 valence electrons. The van der Waals surface area contributed by atoms with Crippen molar-refractivity contribution in [1.29, 1.82) is 0 Å². The summed E-state index contributed by atoms with van der Waals surface area (Å²) >= 11 is 0. The predicted octanol–water partition coefficient (Wildman–Crippen LogP) is 2.60. The van der Waals surface area contributed by atoms with Gasteiger partial charge in [-0.2, -0.15) is 0 Å². The number of hydrogen-bond acceptors (Lipinski definition) is 2. The third-order valence-corrected chi connectivity index (χ3v) is 3.36. The van der Waals surface area contributed by atoms with E-state index in [4.69, 9.17) is 0 Å². The number of benzene rings is 1. The molecule has 1 N–H and O–H groups in total.